The Bertz CT molecular complexity index is 612. The minimum atomic E-state index is 0.0686. The zero-order valence-corrected chi connectivity index (χ0v) is 10.2. The summed E-state index contributed by atoms with van der Waals surface area (Å²) in [6, 6.07) is 5.55. The Morgan fingerprint density at radius 2 is 1.84 bits per heavy atom. The minimum absolute atomic E-state index is 0.0686. The molecule has 0 fully saturated rings. The topological polar surface area (TPSA) is 112 Å². The summed E-state index contributed by atoms with van der Waals surface area (Å²) in [5, 5.41) is 0. The van der Waals surface area contributed by atoms with Crippen molar-refractivity contribution in [2.45, 2.75) is 0 Å². The molecule has 1 aromatic carbocycles. The normalized spacial score (nSPS) is 12.5. The summed E-state index contributed by atoms with van der Waals surface area (Å²) in [7, 11) is 1.78. The first kappa shape index (κ1) is 11.3. The molecule has 0 bridgehead atoms. The van der Waals surface area contributed by atoms with E-state index < -0.39 is 0 Å². The molecule has 8 nitrogen and oxygen atoms in total. The van der Waals surface area contributed by atoms with Crippen LogP contribution in [0.3, 0.4) is 0 Å². The van der Waals surface area contributed by atoms with Gasteiger partial charge < -0.3 is 25.8 Å². The average molecular weight is 260 g/mol. The van der Waals surface area contributed by atoms with Crippen molar-refractivity contribution in [3.63, 3.8) is 0 Å². The zero-order chi connectivity index (χ0) is 13.4. The lowest BCUT2D eigenvalue weighted by atomic mass is 10.2. The second kappa shape index (κ2) is 4.16. The first-order chi connectivity index (χ1) is 9.15. The lowest BCUT2D eigenvalue weighted by Crippen LogP contribution is -2.16. The number of ether oxygens (including phenoxy) is 2. The number of nitrogens with zero attached hydrogens (tertiary/aromatic N) is 4. The fourth-order valence-corrected chi connectivity index (χ4v) is 1.83. The van der Waals surface area contributed by atoms with Gasteiger partial charge in [0.25, 0.3) is 0 Å². The number of aromatic nitrogens is 3. The number of nitrogen functional groups attached to an aromatic ring is 2. The first-order valence-electron chi connectivity index (χ1n) is 5.54. The molecule has 0 saturated heterocycles. The van der Waals surface area contributed by atoms with Gasteiger partial charge in [-0.05, 0) is 12.1 Å². The van der Waals surface area contributed by atoms with Crippen LogP contribution in [0.15, 0.2) is 18.2 Å². The first-order valence-corrected chi connectivity index (χ1v) is 5.54. The number of nitrogens with two attached hydrogens (primary N) is 2. The molecule has 0 radical (unpaired) electrons. The zero-order valence-electron chi connectivity index (χ0n) is 10.2. The van der Waals surface area contributed by atoms with E-state index in [0.717, 1.165) is 5.69 Å². The van der Waals surface area contributed by atoms with Gasteiger partial charge in [0, 0.05) is 7.05 Å². The van der Waals surface area contributed by atoms with E-state index in [1.807, 2.05) is 18.2 Å². The molecule has 1 aliphatic heterocycles. The van der Waals surface area contributed by atoms with Gasteiger partial charge in [-0.1, -0.05) is 6.07 Å². The standard InChI is InChI=1S/C11H12N6O2/c1-17(11-15-9(12)14-10(13)16-11)6-3-2-4-7-8(6)19-5-18-7/h2-4H,5H2,1H3,(H4,12,13,14,15,16). The Morgan fingerprint density at radius 3 is 2.58 bits per heavy atom. The number of rotatable bonds is 2. The summed E-state index contributed by atoms with van der Waals surface area (Å²) in [6.45, 7) is 0.196. The second-order valence-electron chi connectivity index (χ2n) is 3.92. The molecule has 0 atom stereocenters. The van der Waals surface area contributed by atoms with Gasteiger partial charge in [-0.25, -0.2) is 0 Å². The van der Waals surface area contributed by atoms with Crippen molar-refractivity contribution < 1.29 is 9.47 Å². The number of para-hydroxylation sites is 1. The van der Waals surface area contributed by atoms with Crippen molar-refractivity contribution in [2.75, 3.05) is 30.2 Å². The van der Waals surface area contributed by atoms with E-state index in [9.17, 15) is 0 Å². The van der Waals surface area contributed by atoms with Crippen molar-refractivity contribution in [1.29, 1.82) is 0 Å². The molecule has 98 valence electrons. The van der Waals surface area contributed by atoms with Gasteiger partial charge in [0.15, 0.2) is 11.5 Å². The number of benzene rings is 1. The van der Waals surface area contributed by atoms with Crippen molar-refractivity contribution in [2.24, 2.45) is 0 Å². The van der Waals surface area contributed by atoms with Gasteiger partial charge in [0.1, 0.15) is 0 Å². The Kier molecular flexibility index (Phi) is 2.48. The largest absolute Gasteiger partial charge is 0.454 e. The Balaban J connectivity index is 2.04. The average Bonchev–Trinajstić information content (AvgIpc) is 2.84. The predicted octanol–water partition coefficient (Wildman–Crippen LogP) is 0.533. The fraction of sp³-hybridized carbons (Fsp3) is 0.182. The molecule has 2 aromatic rings. The third-order valence-corrected chi connectivity index (χ3v) is 2.70. The van der Waals surface area contributed by atoms with Crippen LogP contribution in [-0.2, 0) is 0 Å². The third-order valence-electron chi connectivity index (χ3n) is 2.70. The Morgan fingerprint density at radius 1 is 1.11 bits per heavy atom. The summed E-state index contributed by atoms with van der Waals surface area (Å²) in [4.78, 5) is 13.5. The van der Waals surface area contributed by atoms with Crippen LogP contribution in [0.1, 0.15) is 0 Å². The van der Waals surface area contributed by atoms with Crippen LogP contribution in [0.4, 0.5) is 23.5 Å². The Labute approximate surface area is 109 Å². The molecular formula is C11H12N6O2. The molecule has 0 unspecified atom stereocenters. The number of anilines is 4. The Hall–Kier alpha value is -2.77. The van der Waals surface area contributed by atoms with Crippen molar-refractivity contribution >= 4 is 23.5 Å². The summed E-state index contributed by atoms with van der Waals surface area (Å²) in [6.07, 6.45) is 0. The quantitative estimate of drug-likeness (QED) is 0.804. The van der Waals surface area contributed by atoms with Crippen LogP contribution in [0, 0.1) is 0 Å². The molecule has 1 aliphatic rings. The molecule has 0 amide bonds. The highest BCUT2D eigenvalue weighted by Gasteiger charge is 2.21. The predicted molar refractivity (Wildman–Crippen MR) is 69.3 cm³/mol. The lowest BCUT2D eigenvalue weighted by molar-refractivity contribution is 0.174. The van der Waals surface area contributed by atoms with Gasteiger partial charge in [0.05, 0.1) is 5.69 Å². The van der Waals surface area contributed by atoms with Crippen LogP contribution in [0.2, 0.25) is 0 Å². The lowest BCUT2D eigenvalue weighted by Gasteiger charge is -2.18. The molecule has 19 heavy (non-hydrogen) atoms. The van der Waals surface area contributed by atoms with E-state index in [1.165, 1.54) is 0 Å². The molecule has 3 rings (SSSR count). The van der Waals surface area contributed by atoms with E-state index in [4.69, 9.17) is 20.9 Å². The number of hydrogen-bond acceptors (Lipinski definition) is 8. The van der Waals surface area contributed by atoms with Crippen LogP contribution in [-0.4, -0.2) is 28.8 Å². The third kappa shape index (κ3) is 1.92. The van der Waals surface area contributed by atoms with E-state index >= 15 is 0 Å². The minimum Gasteiger partial charge on any atom is -0.454 e. The van der Waals surface area contributed by atoms with Crippen LogP contribution in [0.5, 0.6) is 11.5 Å². The van der Waals surface area contributed by atoms with Crippen molar-refractivity contribution in [3.8, 4) is 11.5 Å². The van der Waals surface area contributed by atoms with Gasteiger partial charge in [-0.2, -0.15) is 15.0 Å². The maximum absolute atomic E-state index is 5.56. The molecule has 1 aromatic heterocycles. The molecular weight excluding hydrogens is 248 g/mol. The van der Waals surface area contributed by atoms with E-state index in [0.29, 0.717) is 17.4 Å². The summed E-state index contributed by atoms with van der Waals surface area (Å²) < 4.78 is 10.8. The maximum Gasteiger partial charge on any atom is 0.236 e. The molecule has 0 aliphatic carbocycles. The maximum atomic E-state index is 5.56. The highest BCUT2D eigenvalue weighted by molar-refractivity contribution is 5.70. The SMILES string of the molecule is CN(c1nc(N)nc(N)n1)c1cccc2c1OCO2. The number of hydrogen-bond donors (Lipinski definition) is 2. The van der Waals surface area contributed by atoms with Gasteiger partial charge in [-0.15, -0.1) is 0 Å². The molecule has 0 spiro atoms. The van der Waals surface area contributed by atoms with Crippen LogP contribution < -0.4 is 25.8 Å². The van der Waals surface area contributed by atoms with Gasteiger partial charge in [0.2, 0.25) is 24.6 Å². The van der Waals surface area contributed by atoms with E-state index in [-0.39, 0.29) is 18.7 Å². The molecule has 0 saturated carbocycles. The van der Waals surface area contributed by atoms with Gasteiger partial charge >= 0.3 is 0 Å². The fourth-order valence-electron chi connectivity index (χ4n) is 1.83. The van der Waals surface area contributed by atoms with Gasteiger partial charge in [-0.3, -0.25) is 0 Å². The monoisotopic (exact) mass is 260 g/mol. The summed E-state index contributed by atoms with van der Waals surface area (Å²) in [5.41, 5.74) is 11.9. The van der Waals surface area contributed by atoms with E-state index in [1.54, 1.807) is 11.9 Å². The second-order valence-corrected chi connectivity index (χ2v) is 3.92. The van der Waals surface area contributed by atoms with Crippen LogP contribution >= 0.6 is 0 Å². The summed E-state index contributed by atoms with van der Waals surface area (Å²) >= 11 is 0. The smallest absolute Gasteiger partial charge is 0.236 e. The van der Waals surface area contributed by atoms with Crippen molar-refractivity contribution in [3.05, 3.63) is 18.2 Å². The highest BCUT2D eigenvalue weighted by atomic mass is 16.7. The molecule has 4 N–H and O–H groups in total. The summed E-state index contributed by atoms with van der Waals surface area (Å²) in [5.74, 6) is 1.80. The van der Waals surface area contributed by atoms with Crippen molar-refractivity contribution in [1.82, 2.24) is 15.0 Å². The van der Waals surface area contributed by atoms with E-state index in [2.05, 4.69) is 15.0 Å². The molecule has 8 heteroatoms. The molecule has 2 heterocycles. The van der Waals surface area contributed by atoms with Crippen LogP contribution in [0.25, 0.3) is 0 Å². The highest BCUT2D eigenvalue weighted by Crippen LogP contribution is 2.41. The number of fused-ring (bicyclic) bond motifs is 1.